The topological polar surface area (TPSA) is 75.6 Å². The summed E-state index contributed by atoms with van der Waals surface area (Å²) in [5.41, 5.74) is 9.27. The van der Waals surface area contributed by atoms with Crippen molar-refractivity contribution in [3.63, 3.8) is 0 Å². The molecule has 1 fully saturated rings. The van der Waals surface area contributed by atoms with E-state index in [1.165, 1.54) is 38.4 Å². The Morgan fingerprint density at radius 3 is 2.46 bits per heavy atom. The highest BCUT2D eigenvalue weighted by Gasteiger charge is 2.06. The Kier molecular flexibility index (Phi) is 5.80. The maximum Gasteiger partial charge on any atom is 0.134 e. The zero-order chi connectivity index (χ0) is 18.4. The van der Waals surface area contributed by atoms with Crippen LogP contribution < -0.4 is 5.73 Å². The van der Waals surface area contributed by atoms with E-state index in [4.69, 9.17) is 11.0 Å². The monoisotopic (exact) mass is 344 g/mol. The van der Waals surface area contributed by atoms with Crippen LogP contribution in [-0.2, 0) is 0 Å². The summed E-state index contributed by atoms with van der Waals surface area (Å²) in [7, 11) is 0. The molecule has 0 aliphatic heterocycles. The lowest BCUT2D eigenvalue weighted by molar-refractivity contribution is 0.385. The molecule has 0 bridgehead atoms. The quantitative estimate of drug-likeness (QED) is 0.646. The van der Waals surface area contributed by atoms with Crippen molar-refractivity contribution in [2.45, 2.75) is 39.0 Å². The fourth-order valence-corrected chi connectivity index (χ4v) is 3.33. The second-order valence-corrected chi connectivity index (χ2v) is 6.93. The van der Waals surface area contributed by atoms with Crippen LogP contribution in [0, 0.1) is 17.2 Å². The smallest absolute Gasteiger partial charge is 0.134 e. The molecule has 1 heterocycles. The standard InChI is InChI=1S/C15H10N4.C7H14/c16-8-10-2-1-3-11(6-10)12-4-5-14-13(7-12)15(17)19-9-18-14;1-7-5-3-2-4-6-7/h1-7,9H,(H2,17,18,19);7H,2-6H2,1H3. The number of benzene rings is 2. The maximum absolute atomic E-state index is 8.93. The summed E-state index contributed by atoms with van der Waals surface area (Å²) in [5.74, 6) is 1.50. The van der Waals surface area contributed by atoms with Gasteiger partial charge in [-0.2, -0.15) is 5.26 Å². The molecule has 0 unspecified atom stereocenters. The minimum absolute atomic E-state index is 0.461. The zero-order valence-electron chi connectivity index (χ0n) is 15.2. The van der Waals surface area contributed by atoms with Gasteiger partial charge < -0.3 is 5.73 Å². The molecule has 1 saturated carbocycles. The molecule has 4 rings (SSSR count). The first-order valence-corrected chi connectivity index (χ1v) is 9.18. The number of hydrogen-bond donors (Lipinski definition) is 1. The summed E-state index contributed by atoms with van der Waals surface area (Å²) in [4.78, 5) is 8.16. The van der Waals surface area contributed by atoms with Gasteiger partial charge in [0.25, 0.3) is 0 Å². The van der Waals surface area contributed by atoms with Gasteiger partial charge in [0.1, 0.15) is 12.1 Å². The number of nitrogens with two attached hydrogens (primary N) is 1. The highest BCUT2D eigenvalue weighted by Crippen LogP contribution is 2.26. The molecule has 4 nitrogen and oxygen atoms in total. The van der Waals surface area contributed by atoms with Crippen molar-refractivity contribution in [1.82, 2.24) is 9.97 Å². The first-order chi connectivity index (χ1) is 12.7. The SMILES string of the molecule is CC1CCCCC1.N#Cc1cccc(-c2ccc3ncnc(N)c3c2)c1. The minimum atomic E-state index is 0.461. The molecular weight excluding hydrogens is 320 g/mol. The average Bonchev–Trinajstić information content (AvgIpc) is 2.69. The van der Waals surface area contributed by atoms with Gasteiger partial charge in [-0.3, -0.25) is 0 Å². The number of nitriles is 1. The van der Waals surface area contributed by atoms with Crippen molar-refractivity contribution in [3.8, 4) is 17.2 Å². The van der Waals surface area contributed by atoms with Crippen LogP contribution in [-0.4, -0.2) is 9.97 Å². The van der Waals surface area contributed by atoms with Gasteiger partial charge in [-0.1, -0.05) is 57.2 Å². The number of fused-ring (bicyclic) bond motifs is 1. The second kappa shape index (κ2) is 8.44. The van der Waals surface area contributed by atoms with Crippen LogP contribution in [0.4, 0.5) is 5.82 Å². The van der Waals surface area contributed by atoms with Crippen molar-refractivity contribution in [2.75, 3.05) is 5.73 Å². The van der Waals surface area contributed by atoms with Crippen molar-refractivity contribution in [3.05, 3.63) is 54.4 Å². The number of aromatic nitrogens is 2. The summed E-state index contributed by atoms with van der Waals surface area (Å²) < 4.78 is 0. The Bertz CT molecular complexity index is 921. The van der Waals surface area contributed by atoms with Crippen molar-refractivity contribution >= 4 is 16.7 Å². The summed E-state index contributed by atoms with van der Waals surface area (Å²) in [6, 6.07) is 15.4. The van der Waals surface area contributed by atoms with Gasteiger partial charge in [-0.25, -0.2) is 9.97 Å². The van der Waals surface area contributed by atoms with Crippen LogP contribution >= 0.6 is 0 Å². The van der Waals surface area contributed by atoms with Crippen LogP contribution in [0.15, 0.2) is 48.8 Å². The van der Waals surface area contributed by atoms with E-state index in [0.717, 1.165) is 27.9 Å². The molecule has 0 radical (unpaired) electrons. The van der Waals surface area contributed by atoms with Crippen LogP contribution in [0.25, 0.3) is 22.0 Å². The molecule has 3 aromatic rings. The highest BCUT2D eigenvalue weighted by molar-refractivity contribution is 5.91. The molecule has 2 aromatic carbocycles. The molecule has 0 spiro atoms. The minimum Gasteiger partial charge on any atom is -0.383 e. The van der Waals surface area contributed by atoms with Gasteiger partial charge in [-0.15, -0.1) is 0 Å². The first kappa shape index (κ1) is 17.9. The summed E-state index contributed by atoms with van der Waals surface area (Å²) in [5, 5.41) is 9.76. The van der Waals surface area contributed by atoms with E-state index in [1.807, 2.05) is 36.4 Å². The van der Waals surface area contributed by atoms with E-state index < -0.39 is 0 Å². The molecule has 0 atom stereocenters. The summed E-state index contributed by atoms with van der Waals surface area (Å²) >= 11 is 0. The molecule has 0 amide bonds. The molecule has 4 heteroatoms. The third-order valence-electron chi connectivity index (χ3n) is 4.88. The lowest BCUT2D eigenvalue weighted by atomic mass is 9.91. The van der Waals surface area contributed by atoms with Crippen LogP contribution in [0.2, 0.25) is 0 Å². The van der Waals surface area contributed by atoms with Gasteiger partial charge in [0.2, 0.25) is 0 Å². The van der Waals surface area contributed by atoms with E-state index in [-0.39, 0.29) is 0 Å². The van der Waals surface area contributed by atoms with Gasteiger partial charge in [0, 0.05) is 5.39 Å². The van der Waals surface area contributed by atoms with E-state index in [9.17, 15) is 0 Å². The van der Waals surface area contributed by atoms with Crippen molar-refractivity contribution in [2.24, 2.45) is 5.92 Å². The lowest BCUT2D eigenvalue weighted by Crippen LogP contribution is -1.99. The largest absolute Gasteiger partial charge is 0.383 e. The van der Waals surface area contributed by atoms with Gasteiger partial charge in [0.05, 0.1) is 17.1 Å². The fraction of sp³-hybridized carbons (Fsp3) is 0.318. The third-order valence-corrected chi connectivity index (χ3v) is 4.88. The Balaban J connectivity index is 0.000000236. The predicted octanol–water partition coefficient (Wildman–Crippen LogP) is 5.34. The molecule has 26 heavy (non-hydrogen) atoms. The molecule has 1 aliphatic carbocycles. The summed E-state index contributed by atoms with van der Waals surface area (Å²) in [6.07, 6.45) is 8.89. The second-order valence-electron chi connectivity index (χ2n) is 6.93. The number of hydrogen-bond acceptors (Lipinski definition) is 4. The number of nitrogens with zero attached hydrogens (tertiary/aromatic N) is 3. The molecule has 1 aromatic heterocycles. The Hall–Kier alpha value is -2.93. The Morgan fingerprint density at radius 1 is 1.00 bits per heavy atom. The third kappa shape index (κ3) is 4.37. The van der Waals surface area contributed by atoms with Crippen LogP contribution in [0.5, 0.6) is 0 Å². The van der Waals surface area contributed by atoms with E-state index in [0.29, 0.717) is 11.4 Å². The van der Waals surface area contributed by atoms with Gasteiger partial charge in [-0.05, 0) is 41.3 Å². The zero-order valence-corrected chi connectivity index (χ0v) is 15.2. The Labute approximate surface area is 154 Å². The van der Waals surface area contributed by atoms with Crippen LogP contribution in [0.1, 0.15) is 44.6 Å². The molecule has 2 N–H and O–H groups in total. The van der Waals surface area contributed by atoms with Crippen molar-refractivity contribution in [1.29, 1.82) is 5.26 Å². The van der Waals surface area contributed by atoms with E-state index in [1.54, 1.807) is 6.07 Å². The molecule has 132 valence electrons. The normalized spacial score (nSPS) is 14.3. The van der Waals surface area contributed by atoms with Gasteiger partial charge >= 0.3 is 0 Å². The Morgan fingerprint density at radius 2 is 1.77 bits per heavy atom. The molecule has 1 aliphatic rings. The van der Waals surface area contributed by atoms with E-state index >= 15 is 0 Å². The van der Waals surface area contributed by atoms with E-state index in [2.05, 4.69) is 23.0 Å². The number of nitrogen functional groups attached to an aromatic ring is 1. The molecular formula is C22H24N4. The summed E-state index contributed by atoms with van der Waals surface area (Å²) in [6.45, 7) is 2.36. The van der Waals surface area contributed by atoms with Crippen molar-refractivity contribution < 1.29 is 0 Å². The predicted molar refractivity (Wildman–Crippen MR) is 106 cm³/mol. The maximum atomic E-state index is 8.93. The highest BCUT2D eigenvalue weighted by atomic mass is 14.9. The average molecular weight is 344 g/mol. The lowest BCUT2D eigenvalue weighted by Gasteiger charge is -2.15. The number of anilines is 1. The fourth-order valence-electron chi connectivity index (χ4n) is 3.33. The van der Waals surface area contributed by atoms with Gasteiger partial charge in [0.15, 0.2) is 0 Å². The number of rotatable bonds is 1. The van der Waals surface area contributed by atoms with Crippen LogP contribution in [0.3, 0.4) is 0 Å². The first-order valence-electron chi connectivity index (χ1n) is 9.18. The molecule has 0 saturated heterocycles.